The fraction of sp³-hybridized carbons (Fsp3) is 0.667. The Bertz CT molecular complexity index is 800. The van der Waals surface area contributed by atoms with Gasteiger partial charge in [0.1, 0.15) is 4.88 Å². The number of anilines is 1. The highest BCUT2D eigenvalue weighted by Gasteiger charge is 2.36. The molecule has 1 aromatic heterocycles. The molecule has 2 fully saturated rings. The lowest BCUT2D eigenvalue weighted by molar-refractivity contribution is -0.120. The zero-order valence-corrected chi connectivity index (χ0v) is 17.7. The quantitative estimate of drug-likeness (QED) is 0.725. The van der Waals surface area contributed by atoms with E-state index in [1.54, 1.807) is 15.8 Å². The number of thiophene rings is 1. The van der Waals surface area contributed by atoms with Crippen molar-refractivity contribution in [2.24, 2.45) is 5.92 Å². The van der Waals surface area contributed by atoms with Gasteiger partial charge in [0.05, 0.1) is 18.7 Å². The number of nitrogens with zero attached hydrogens (tertiary/aromatic N) is 2. The minimum absolute atomic E-state index is 0.169. The first-order valence-corrected chi connectivity index (χ1v) is 11.9. The maximum absolute atomic E-state index is 13.0. The normalized spacial score (nSPS) is 22.4. The molecular weight excluding hydrogens is 402 g/mol. The zero-order chi connectivity index (χ0) is 20.1. The molecule has 156 valence electrons. The summed E-state index contributed by atoms with van der Waals surface area (Å²) in [7, 11) is -2.26. The number of carbonyl (C=O) groups excluding carboxylic acids is 2. The number of hydrogen-bond acceptors (Lipinski definition) is 6. The number of rotatable bonds is 5. The van der Waals surface area contributed by atoms with E-state index in [0.29, 0.717) is 43.0 Å². The standard InChI is InChI=1S/C18H27N3O5S2/c1-26-18(23)16-15(8-12-27-16)19-17(22)14-7-6-11-21(13-14)28(24,25)20-9-4-2-3-5-10-20/h8,12,14H,2-7,9-11,13H2,1H3,(H,19,22)/t14-/m1/s1. The van der Waals surface area contributed by atoms with Gasteiger partial charge in [0.15, 0.2) is 0 Å². The molecule has 1 atom stereocenters. The van der Waals surface area contributed by atoms with Gasteiger partial charge in [-0.1, -0.05) is 12.8 Å². The molecule has 1 amide bonds. The van der Waals surface area contributed by atoms with Crippen molar-refractivity contribution in [3.8, 4) is 0 Å². The fourth-order valence-electron chi connectivity index (χ4n) is 3.69. The first kappa shape index (κ1) is 21.2. The van der Waals surface area contributed by atoms with Crippen molar-refractivity contribution in [1.82, 2.24) is 8.61 Å². The Morgan fingerprint density at radius 1 is 1.11 bits per heavy atom. The molecule has 0 spiro atoms. The highest BCUT2D eigenvalue weighted by atomic mass is 32.2. The van der Waals surface area contributed by atoms with Crippen LogP contribution in [0.2, 0.25) is 0 Å². The number of ether oxygens (including phenoxy) is 1. The molecule has 28 heavy (non-hydrogen) atoms. The lowest BCUT2D eigenvalue weighted by Crippen LogP contribution is -2.50. The third-order valence-corrected chi connectivity index (χ3v) is 8.16. The van der Waals surface area contributed by atoms with Gasteiger partial charge in [-0.15, -0.1) is 11.3 Å². The second-order valence-electron chi connectivity index (χ2n) is 7.16. The van der Waals surface area contributed by atoms with Crippen LogP contribution in [0.1, 0.15) is 48.2 Å². The summed E-state index contributed by atoms with van der Waals surface area (Å²) in [6.07, 6.45) is 5.13. The first-order chi connectivity index (χ1) is 13.4. The van der Waals surface area contributed by atoms with Crippen LogP contribution in [0, 0.1) is 5.92 Å². The van der Waals surface area contributed by atoms with Gasteiger partial charge in [0, 0.05) is 26.2 Å². The molecule has 2 aliphatic rings. The van der Waals surface area contributed by atoms with Gasteiger partial charge in [-0.3, -0.25) is 4.79 Å². The Morgan fingerprint density at radius 2 is 1.79 bits per heavy atom. The van der Waals surface area contributed by atoms with E-state index in [-0.39, 0.29) is 12.5 Å². The highest BCUT2D eigenvalue weighted by Crippen LogP contribution is 2.27. The maximum atomic E-state index is 13.0. The van der Waals surface area contributed by atoms with Crippen molar-refractivity contribution < 1.29 is 22.7 Å². The van der Waals surface area contributed by atoms with E-state index >= 15 is 0 Å². The fourth-order valence-corrected chi connectivity index (χ4v) is 6.24. The number of hydrogen-bond donors (Lipinski definition) is 1. The molecule has 0 bridgehead atoms. The van der Waals surface area contributed by atoms with Crippen LogP contribution >= 0.6 is 11.3 Å². The SMILES string of the molecule is COC(=O)c1sccc1NC(=O)[C@@H]1CCCN(S(=O)(=O)N2CCCCCC2)C1. The Hall–Kier alpha value is -1.49. The monoisotopic (exact) mass is 429 g/mol. The molecule has 2 saturated heterocycles. The molecule has 2 aliphatic heterocycles. The molecule has 3 heterocycles. The molecule has 0 aliphatic carbocycles. The molecule has 1 aromatic rings. The van der Waals surface area contributed by atoms with E-state index in [1.165, 1.54) is 22.8 Å². The Balaban J connectivity index is 1.66. The number of methoxy groups -OCH3 is 1. The van der Waals surface area contributed by atoms with Gasteiger partial charge in [-0.2, -0.15) is 17.0 Å². The van der Waals surface area contributed by atoms with Crippen LogP contribution in [-0.4, -0.2) is 62.2 Å². The average molecular weight is 430 g/mol. The topological polar surface area (TPSA) is 96.0 Å². The minimum Gasteiger partial charge on any atom is -0.465 e. The van der Waals surface area contributed by atoms with E-state index < -0.39 is 22.1 Å². The van der Waals surface area contributed by atoms with E-state index in [2.05, 4.69) is 5.32 Å². The van der Waals surface area contributed by atoms with Gasteiger partial charge < -0.3 is 10.1 Å². The number of nitrogens with one attached hydrogen (secondary N) is 1. The minimum atomic E-state index is -3.55. The summed E-state index contributed by atoms with van der Waals surface area (Å²) in [5.41, 5.74) is 0.411. The molecule has 0 aromatic carbocycles. The van der Waals surface area contributed by atoms with Crippen LogP contribution < -0.4 is 5.32 Å². The average Bonchev–Trinajstić information content (AvgIpc) is 2.98. The van der Waals surface area contributed by atoms with Crippen molar-refractivity contribution >= 4 is 39.1 Å². The lowest BCUT2D eigenvalue weighted by Gasteiger charge is -2.34. The highest BCUT2D eigenvalue weighted by molar-refractivity contribution is 7.86. The largest absolute Gasteiger partial charge is 0.465 e. The van der Waals surface area contributed by atoms with Crippen molar-refractivity contribution in [1.29, 1.82) is 0 Å². The second kappa shape index (κ2) is 9.34. The third kappa shape index (κ3) is 4.73. The number of amides is 1. The summed E-state index contributed by atoms with van der Waals surface area (Å²) in [6, 6.07) is 1.66. The summed E-state index contributed by atoms with van der Waals surface area (Å²) in [6.45, 7) is 1.71. The van der Waals surface area contributed by atoms with Gasteiger partial charge in [-0.05, 0) is 37.1 Å². The maximum Gasteiger partial charge on any atom is 0.350 e. The van der Waals surface area contributed by atoms with E-state index in [1.807, 2.05) is 0 Å². The molecule has 0 unspecified atom stereocenters. The van der Waals surface area contributed by atoms with Crippen LogP contribution in [0.4, 0.5) is 5.69 Å². The summed E-state index contributed by atoms with van der Waals surface area (Å²) in [4.78, 5) is 24.9. The molecule has 3 rings (SSSR count). The predicted octanol–water partition coefficient (Wildman–Crippen LogP) is 2.31. The Morgan fingerprint density at radius 3 is 2.46 bits per heavy atom. The summed E-state index contributed by atoms with van der Waals surface area (Å²) >= 11 is 1.19. The number of piperidine rings is 1. The third-order valence-electron chi connectivity index (χ3n) is 5.27. The van der Waals surface area contributed by atoms with Crippen molar-refractivity contribution in [3.63, 3.8) is 0 Å². The van der Waals surface area contributed by atoms with E-state index in [4.69, 9.17) is 4.74 Å². The molecular formula is C18H27N3O5S2. The lowest BCUT2D eigenvalue weighted by atomic mass is 9.99. The van der Waals surface area contributed by atoms with Crippen LogP contribution in [0.25, 0.3) is 0 Å². The van der Waals surface area contributed by atoms with Crippen LogP contribution in [0.3, 0.4) is 0 Å². The predicted molar refractivity (Wildman–Crippen MR) is 108 cm³/mol. The van der Waals surface area contributed by atoms with E-state index in [0.717, 1.165) is 25.7 Å². The zero-order valence-electron chi connectivity index (χ0n) is 16.1. The van der Waals surface area contributed by atoms with Gasteiger partial charge in [0.2, 0.25) is 5.91 Å². The number of carbonyl (C=O) groups is 2. The first-order valence-electron chi connectivity index (χ1n) is 9.65. The molecule has 0 saturated carbocycles. The van der Waals surface area contributed by atoms with E-state index in [9.17, 15) is 18.0 Å². The van der Waals surface area contributed by atoms with Crippen LogP contribution in [0.5, 0.6) is 0 Å². The molecule has 0 radical (unpaired) electrons. The summed E-state index contributed by atoms with van der Waals surface area (Å²) in [5, 5.41) is 4.48. The molecule has 1 N–H and O–H groups in total. The Labute approximate surface area is 170 Å². The molecule has 8 nitrogen and oxygen atoms in total. The summed E-state index contributed by atoms with van der Waals surface area (Å²) < 4.78 is 33.8. The Kier molecular flexibility index (Phi) is 7.08. The van der Waals surface area contributed by atoms with Crippen molar-refractivity contribution in [2.75, 3.05) is 38.6 Å². The van der Waals surface area contributed by atoms with Gasteiger partial charge >= 0.3 is 5.97 Å². The summed E-state index contributed by atoms with van der Waals surface area (Å²) in [5.74, 6) is -1.21. The molecule has 10 heteroatoms. The van der Waals surface area contributed by atoms with Gasteiger partial charge in [-0.25, -0.2) is 4.79 Å². The van der Waals surface area contributed by atoms with Gasteiger partial charge in [0.25, 0.3) is 10.2 Å². The van der Waals surface area contributed by atoms with Crippen LogP contribution in [-0.2, 0) is 19.7 Å². The van der Waals surface area contributed by atoms with Crippen molar-refractivity contribution in [2.45, 2.75) is 38.5 Å². The van der Waals surface area contributed by atoms with Crippen LogP contribution in [0.15, 0.2) is 11.4 Å². The number of esters is 1. The second-order valence-corrected chi connectivity index (χ2v) is 10.0. The van der Waals surface area contributed by atoms with Crippen molar-refractivity contribution in [3.05, 3.63) is 16.3 Å². The smallest absolute Gasteiger partial charge is 0.350 e.